The number of carbonyl (C=O) groups excluding carboxylic acids is 1. The van der Waals surface area contributed by atoms with Gasteiger partial charge in [-0.05, 0) is 48.7 Å². The maximum absolute atomic E-state index is 12.9. The average Bonchev–Trinajstić information content (AvgIpc) is 3.20. The van der Waals surface area contributed by atoms with Gasteiger partial charge in [-0.15, -0.1) is 0 Å². The number of nitrogens with zero attached hydrogens (tertiary/aromatic N) is 3. The van der Waals surface area contributed by atoms with E-state index >= 15 is 0 Å². The van der Waals surface area contributed by atoms with Crippen molar-refractivity contribution in [3.05, 3.63) is 94.5 Å². The van der Waals surface area contributed by atoms with Gasteiger partial charge in [0.1, 0.15) is 0 Å². The number of amides is 1. The monoisotopic (exact) mass is 377 g/mol. The number of hydrogen-bond acceptors (Lipinski definition) is 3. The van der Waals surface area contributed by atoms with Crippen molar-refractivity contribution >= 4 is 17.5 Å². The van der Waals surface area contributed by atoms with Crippen molar-refractivity contribution in [1.82, 2.24) is 14.9 Å². The van der Waals surface area contributed by atoms with Gasteiger partial charge in [-0.1, -0.05) is 35.9 Å². The molecule has 0 spiro atoms. The van der Waals surface area contributed by atoms with E-state index < -0.39 is 0 Å². The van der Waals surface area contributed by atoms with Gasteiger partial charge >= 0.3 is 0 Å². The molecule has 0 bridgehead atoms. The lowest BCUT2D eigenvalue weighted by molar-refractivity contribution is 0.0732. The van der Waals surface area contributed by atoms with Crippen molar-refractivity contribution in [3.63, 3.8) is 0 Å². The molecule has 3 aromatic rings. The van der Waals surface area contributed by atoms with Crippen molar-refractivity contribution in [3.8, 4) is 0 Å². The Hall–Kier alpha value is -2.72. The Kier molecular flexibility index (Phi) is 5.16. The van der Waals surface area contributed by atoms with Gasteiger partial charge in [0.15, 0.2) is 0 Å². The van der Waals surface area contributed by atoms with Crippen molar-refractivity contribution in [1.29, 1.82) is 0 Å². The number of halogens is 1. The van der Waals surface area contributed by atoms with Crippen LogP contribution in [0.3, 0.4) is 0 Å². The Balaban J connectivity index is 1.57. The Morgan fingerprint density at radius 3 is 2.70 bits per heavy atom. The van der Waals surface area contributed by atoms with Gasteiger partial charge in [0.25, 0.3) is 5.91 Å². The minimum atomic E-state index is 0.0110. The van der Waals surface area contributed by atoms with Crippen molar-refractivity contribution in [2.45, 2.75) is 25.3 Å². The van der Waals surface area contributed by atoms with E-state index in [4.69, 9.17) is 16.6 Å². The summed E-state index contributed by atoms with van der Waals surface area (Å²) >= 11 is 6.29. The van der Waals surface area contributed by atoms with Gasteiger partial charge in [0.2, 0.25) is 0 Å². The van der Waals surface area contributed by atoms with E-state index in [1.807, 2.05) is 47.4 Å². The summed E-state index contributed by atoms with van der Waals surface area (Å²) in [5.41, 5.74) is 3.63. The maximum atomic E-state index is 12.9. The van der Waals surface area contributed by atoms with Crippen LogP contribution in [0.4, 0.5) is 0 Å². The zero-order chi connectivity index (χ0) is 18.6. The first-order valence-electron chi connectivity index (χ1n) is 9.12. The van der Waals surface area contributed by atoms with Crippen LogP contribution in [0.5, 0.6) is 0 Å². The SMILES string of the molecule is O=C(c1ccncc1)N1CCCC1c1cccc(Cc2ccccc2Cl)n1. The molecule has 3 heterocycles. The fourth-order valence-electron chi connectivity index (χ4n) is 3.60. The summed E-state index contributed by atoms with van der Waals surface area (Å²) in [6.45, 7) is 0.752. The Morgan fingerprint density at radius 1 is 1.07 bits per heavy atom. The van der Waals surface area contributed by atoms with Crippen molar-refractivity contribution in [2.75, 3.05) is 6.54 Å². The second-order valence-electron chi connectivity index (χ2n) is 6.71. The van der Waals surface area contributed by atoms with Gasteiger partial charge in [-0.2, -0.15) is 0 Å². The van der Waals surface area contributed by atoms with E-state index in [0.717, 1.165) is 41.4 Å². The Labute approximate surface area is 163 Å². The third-order valence-electron chi connectivity index (χ3n) is 4.94. The van der Waals surface area contributed by atoms with Crippen LogP contribution in [-0.4, -0.2) is 27.3 Å². The van der Waals surface area contributed by atoms with Crippen LogP contribution in [0.2, 0.25) is 5.02 Å². The molecule has 0 N–H and O–H groups in total. The summed E-state index contributed by atoms with van der Waals surface area (Å²) in [7, 11) is 0. The van der Waals surface area contributed by atoms with Crippen LogP contribution in [0.15, 0.2) is 67.0 Å². The highest BCUT2D eigenvalue weighted by Crippen LogP contribution is 2.32. The minimum absolute atomic E-state index is 0.0110. The zero-order valence-corrected chi connectivity index (χ0v) is 15.6. The molecule has 0 aliphatic carbocycles. The van der Waals surface area contributed by atoms with E-state index in [0.29, 0.717) is 12.0 Å². The smallest absolute Gasteiger partial charge is 0.254 e. The zero-order valence-electron chi connectivity index (χ0n) is 14.9. The summed E-state index contributed by atoms with van der Waals surface area (Å²) < 4.78 is 0. The topological polar surface area (TPSA) is 46.1 Å². The second-order valence-corrected chi connectivity index (χ2v) is 7.12. The van der Waals surface area contributed by atoms with Gasteiger partial charge in [0.05, 0.1) is 11.7 Å². The lowest BCUT2D eigenvalue weighted by atomic mass is 10.1. The predicted molar refractivity (Wildman–Crippen MR) is 106 cm³/mol. The summed E-state index contributed by atoms with van der Waals surface area (Å²) in [6.07, 6.45) is 5.90. The number of aromatic nitrogens is 2. The summed E-state index contributed by atoms with van der Waals surface area (Å²) in [6, 6.07) is 17.4. The predicted octanol–water partition coefficient (Wildman–Crippen LogP) is 4.70. The van der Waals surface area contributed by atoms with E-state index in [1.54, 1.807) is 24.5 Å². The molecule has 1 fully saturated rings. The van der Waals surface area contributed by atoms with Crippen LogP contribution in [0.25, 0.3) is 0 Å². The summed E-state index contributed by atoms with van der Waals surface area (Å²) in [4.78, 5) is 23.7. The molecule has 27 heavy (non-hydrogen) atoms. The molecule has 4 nitrogen and oxygen atoms in total. The molecule has 1 aromatic carbocycles. The fraction of sp³-hybridized carbons (Fsp3) is 0.227. The Bertz CT molecular complexity index is 945. The lowest BCUT2D eigenvalue weighted by Gasteiger charge is -2.24. The van der Waals surface area contributed by atoms with Crippen LogP contribution in [0, 0.1) is 0 Å². The van der Waals surface area contributed by atoms with Crippen LogP contribution < -0.4 is 0 Å². The molecular weight excluding hydrogens is 358 g/mol. The molecule has 5 heteroatoms. The molecule has 0 saturated carbocycles. The van der Waals surface area contributed by atoms with Gasteiger partial charge in [-0.25, -0.2) is 0 Å². The molecule has 1 amide bonds. The van der Waals surface area contributed by atoms with Gasteiger partial charge < -0.3 is 4.90 Å². The highest BCUT2D eigenvalue weighted by Gasteiger charge is 2.31. The van der Waals surface area contributed by atoms with E-state index in [1.165, 1.54) is 0 Å². The minimum Gasteiger partial charge on any atom is -0.330 e. The lowest BCUT2D eigenvalue weighted by Crippen LogP contribution is -2.31. The van der Waals surface area contributed by atoms with Crippen molar-refractivity contribution < 1.29 is 4.79 Å². The molecule has 4 rings (SSSR count). The molecule has 1 unspecified atom stereocenters. The molecule has 1 aliphatic heterocycles. The number of rotatable bonds is 4. The van der Waals surface area contributed by atoms with Gasteiger partial charge in [-0.3, -0.25) is 14.8 Å². The van der Waals surface area contributed by atoms with E-state index in [2.05, 4.69) is 4.98 Å². The number of benzene rings is 1. The fourth-order valence-corrected chi connectivity index (χ4v) is 3.80. The molecule has 136 valence electrons. The first-order chi connectivity index (χ1) is 13.2. The molecule has 1 aliphatic rings. The van der Waals surface area contributed by atoms with E-state index in [9.17, 15) is 4.79 Å². The van der Waals surface area contributed by atoms with E-state index in [-0.39, 0.29) is 11.9 Å². The normalized spacial score (nSPS) is 16.5. The summed E-state index contributed by atoms with van der Waals surface area (Å²) in [5.74, 6) is 0.0400. The molecule has 1 atom stereocenters. The third-order valence-corrected chi connectivity index (χ3v) is 5.31. The number of pyridine rings is 2. The van der Waals surface area contributed by atoms with Crippen LogP contribution in [-0.2, 0) is 6.42 Å². The largest absolute Gasteiger partial charge is 0.330 e. The quantitative estimate of drug-likeness (QED) is 0.662. The number of hydrogen-bond donors (Lipinski definition) is 0. The van der Waals surface area contributed by atoms with Gasteiger partial charge in [0, 0.05) is 41.6 Å². The molecular formula is C22H20ClN3O. The molecule has 2 aromatic heterocycles. The molecule has 0 radical (unpaired) electrons. The van der Waals surface area contributed by atoms with Crippen LogP contribution in [0.1, 0.15) is 46.2 Å². The first-order valence-corrected chi connectivity index (χ1v) is 9.50. The average molecular weight is 378 g/mol. The highest BCUT2D eigenvalue weighted by molar-refractivity contribution is 6.31. The van der Waals surface area contributed by atoms with Crippen LogP contribution >= 0.6 is 11.6 Å². The van der Waals surface area contributed by atoms with Crippen molar-refractivity contribution in [2.24, 2.45) is 0 Å². The number of carbonyl (C=O) groups is 1. The Morgan fingerprint density at radius 2 is 1.89 bits per heavy atom. The second kappa shape index (κ2) is 7.89. The maximum Gasteiger partial charge on any atom is 0.254 e. The number of likely N-dealkylation sites (tertiary alicyclic amines) is 1. The first kappa shape index (κ1) is 17.7. The molecule has 1 saturated heterocycles. The third kappa shape index (κ3) is 3.86. The highest BCUT2D eigenvalue weighted by atomic mass is 35.5. The standard InChI is InChI=1S/C22H20ClN3O/c23-19-7-2-1-5-17(19)15-18-6-3-8-20(25-18)21-9-4-14-26(21)22(27)16-10-12-24-13-11-16/h1-3,5-8,10-13,21H,4,9,14-15H2. The summed E-state index contributed by atoms with van der Waals surface area (Å²) in [5, 5.41) is 0.750.